The van der Waals surface area contributed by atoms with E-state index in [4.69, 9.17) is 5.73 Å². The molecular weight excluding hydrogens is 354 g/mol. The van der Waals surface area contributed by atoms with Gasteiger partial charge in [-0.15, -0.1) is 12.4 Å². The number of nitrogens with two attached hydrogens (primary N) is 1. The molecule has 1 aromatic heterocycles. The van der Waals surface area contributed by atoms with E-state index >= 15 is 0 Å². The van der Waals surface area contributed by atoms with Crippen LogP contribution in [-0.2, 0) is 10.0 Å². The van der Waals surface area contributed by atoms with Crippen molar-refractivity contribution in [2.24, 2.45) is 5.73 Å². The number of hydrogen-bond donors (Lipinski definition) is 2. The largest absolute Gasteiger partial charge is 0.328 e. The number of nitrogens with one attached hydrogen (secondary N) is 1. The molecule has 0 unspecified atom stereocenters. The summed E-state index contributed by atoms with van der Waals surface area (Å²) in [4.78, 5) is 4.06. The highest BCUT2D eigenvalue weighted by atomic mass is 79.9. The zero-order valence-electron chi connectivity index (χ0n) is 10.3. The number of aromatic nitrogens is 1. The molecule has 0 saturated heterocycles. The van der Waals surface area contributed by atoms with Gasteiger partial charge < -0.3 is 5.73 Å². The molecule has 0 atom stereocenters. The van der Waals surface area contributed by atoms with E-state index in [0.717, 1.165) is 25.7 Å². The molecule has 1 aliphatic carbocycles. The first-order valence-electron chi connectivity index (χ1n) is 5.86. The topological polar surface area (TPSA) is 85.1 Å². The van der Waals surface area contributed by atoms with Gasteiger partial charge in [0.15, 0.2) is 0 Å². The maximum atomic E-state index is 12.1. The van der Waals surface area contributed by atoms with Crippen molar-refractivity contribution in [3.63, 3.8) is 0 Å². The van der Waals surface area contributed by atoms with Crippen molar-refractivity contribution in [2.75, 3.05) is 0 Å². The van der Waals surface area contributed by atoms with Crippen LogP contribution >= 0.6 is 28.3 Å². The summed E-state index contributed by atoms with van der Waals surface area (Å²) < 4.78 is 27.6. The van der Waals surface area contributed by atoms with Gasteiger partial charge in [-0.2, -0.15) is 0 Å². The van der Waals surface area contributed by atoms with Gasteiger partial charge in [0.1, 0.15) is 4.90 Å². The van der Waals surface area contributed by atoms with Crippen LogP contribution in [-0.4, -0.2) is 25.5 Å². The number of sulfonamides is 1. The lowest BCUT2D eigenvalue weighted by Gasteiger charge is -2.26. The Hall–Kier alpha value is -0.210. The van der Waals surface area contributed by atoms with E-state index in [0.29, 0.717) is 4.47 Å². The van der Waals surface area contributed by atoms with Crippen molar-refractivity contribution in [3.05, 3.63) is 22.9 Å². The van der Waals surface area contributed by atoms with Gasteiger partial charge in [-0.3, -0.25) is 4.98 Å². The Morgan fingerprint density at radius 2 is 1.89 bits per heavy atom. The molecular formula is C11H17BrClN3O2S. The van der Waals surface area contributed by atoms with Crippen molar-refractivity contribution in [2.45, 2.75) is 42.7 Å². The quantitative estimate of drug-likeness (QED) is 0.850. The van der Waals surface area contributed by atoms with Crippen LogP contribution in [0.3, 0.4) is 0 Å². The monoisotopic (exact) mass is 369 g/mol. The molecule has 1 fully saturated rings. The SMILES string of the molecule is Cl.NC1CCC(NS(=O)(=O)c2cncc(Br)c2)CC1. The fourth-order valence-corrected chi connectivity index (χ4v) is 3.87. The fraction of sp³-hybridized carbons (Fsp3) is 0.545. The number of halogens is 2. The van der Waals surface area contributed by atoms with Crippen molar-refractivity contribution < 1.29 is 8.42 Å². The van der Waals surface area contributed by atoms with Crippen molar-refractivity contribution in [3.8, 4) is 0 Å². The fourth-order valence-electron chi connectivity index (χ4n) is 2.06. The van der Waals surface area contributed by atoms with Crippen molar-refractivity contribution in [1.29, 1.82) is 0 Å². The molecule has 0 spiro atoms. The maximum absolute atomic E-state index is 12.1. The molecule has 0 aliphatic heterocycles. The predicted molar refractivity (Wildman–Crippen MR) is 79.7 cm³/mol. The summed E-state index contributed by atoms with van der Waals surface area (Å²) in [7, 11) is -3.48. The molecule has 1 aromatic rings. The van der Waals surface area contributed by atoms with Crippen molar-refractivity contribution in [1.82, 2.24) is 9.71 Å². The molecule has 0 amide bonds. The molecule has 3 N–H and O–H groups in total. The summed E-state index contributed by atoms with van der Waals surface area (Å²) in [5.74, 6) is 0. The van der Waals surface area contributed by atoms with Crippen LogP contribution in [0.4, 0.5) is 0 Å². The molecule has 1 saturated carbocycles. The lowest BCUT2D eigenvalue weighted by atomic mass is 9.93. The van der Waals surface area contributed by atoms with E-state index in [1.54, 1.807) is 12.3 Å². The molecule has 19 heavy (non-hydrogen) atoms. The van der Waals surface area contributed by atoms with Crippen molar-refractivity contribution >= 4 is 38.4 Å². The van der Waals surface area contributed by atoms with E-state index in [1.807, 2.05) is 0 Å². The van der Waals surface area contributed by atoms with Crippen LogP contribution in [0.15, 0.2) is 27.8 Å². The lowest BCUT2D eigenvalue weighted by molar-refractivity contribution is 0.373. The van der Waals surface area contributed by atoms with E-state index in [-0.39, 0.29) is 29.4 Å². The molecule has 0 aromatic carbocycles. The normalized spacial score (nSPS) is 23.7. The average Bonchev–Trinajstić information content (AvgIpc) is 2.32. The molecule has 8 heteroatoms. The summed E-state index contributed by atoms with van der Waals surface area (Å²) in [5.41, 5.74) is 5.80. The van der Waals surface area contributed by atoms with Crippen LogP contribution in [0.5, 0.6) is 0 Å². The first kappa shape index (κ1) is 16.8. The molecule has 1 aliphatic rings. The van der Waals surface area contributed by atoms with Crippen LogP contribution in [0.2, 0.25) is 0 Å². The third-order valence-corrected chi connectivity index (χ3v) is 5.00. The van der Waals surface area contributed by atoms with Gasteiger partial charge in [0.2, 0.25) is 10.0 Å². The van der Waals surface area contributed by atoms with Gasteiger partial charge in [-0.25, -0.2) is 13.1 Å². The Morgan fingerprint density at radius 1 is 1.26 bits per heavy atom. The third kappa shape index (κ3) is 4.68. The Balaban J connectivity index is 0.00000180. The lowest BCUT2D eigenvalue weighted by Crippen LogP contribution is -2.40. The second kappa shape index (κ2) is 6.99. The predicted octanol–water partition coefficient (Wildman–Crippen LogP) is 1.81. The number of hydrogen-bond acceptors (Lipinski definition) is 4. The van der Waals surface area contributed by atoms with Gasteiger partial charge in [0.05, 0.1) is 0 Å². The summed E-state index contributed by atoms with van der Waals surface area (Å²) in [6.45, 7) is 0. The van der Waals surface area contributed by atoms with E-state index in [2.05, 4.69) is 25.6 Å². The minimum atomic E-state index is -3.48. The highest BCUT2D eigenvalue weighted by Gasteiger charge is 2.24. The molecule has 0 radical (unpaired) electrons. The molecule has 2 rings (SSSR count). The summed E-state index contributed by atoms with van der Waals surface area (Å²) in [6, 6.07) is 1.73. The van der Waals surface area contributed by atoms with E-state index in [1.165, 1.54) is 6.20 Å². The minimum absolute atomic E-state index is 0. The van der Waals surface area contributed by atoms with Crippen LogP contribution in [0.1, 0.15) is 25.7 Å². The Labute approximate surface area is 128 Å². The highest BCUT2D eigenvalue weighted by molar-refractivity contribution is 9.10. The molecule has 0 bridgehead atoms. The van der Waals surface area contributed by atoms with Gasteiger partial charge in [0.25, 0.3) is 0 Å². The smallest absolute Gasteiger partial charge is 0.242 e. The first-order chi connectivity index (χ1) is 8.47. The van der Waals surface area contributed by atoms with Crippen LogP contribution in [0.25, 0.3) is 0 Å². The Bertz CT molecular complexity index is 518. The van der Waals surface area contributed by atoms with Gasteiger partial charge in [0, 0.05) is 29.0 Å². The molecule has 5 nitrogen and oxygen atoms in total. The van der Waals surface area contributed by atoms with Gasteiger partial charge in [-0.05, 0) is 47.7 Å². The zero-order valence-corrected chi connectivity index (χ0v) is 13.5. The van der Waals surface area contributed by atoms with Gasteiger partial charge in [-0.1, -0.05) is 0 Å². The van der Waals surface area contributed by atoms with Gasteiger partial charge >= 0.3 is 0 Å². The van der Waals surface area contributed by atoms with E-state index in [9.17, 15) is 8.42 Å². The number of pyridine rings is 1. The summed E-state index contributed by atoms with van der Waals surface area (Å²) >= 11 is 3.22. The van der Waals surface area contributed by atoms with E-state index < -0.39 is 10.0 Å². The highest BCUT2D eigenvalue weighted by Crippen LogP contribution is 2.20. The van der Waals surface area contributed by atoms with Crippen LogP contribution in [0, 0.1) is 0 Å². The maximum Gasteiger partial charge on any atom is 0.242 e. The minimum Gasteiger partial charge on any atom is -0.328 e. The summed E-state index contributed by atoms with van der Waals surface area (Å²) in [5, 5.41) is 0. The number of nitrogens with zero attached hydrogens (tertiary/aromatic N) is 1. The zero-order chi connectivity index (χ0) is 13.2. The molecule has 108 valence electrons. The summed E-state index contributed by atoms with van der Waals surface area (Å²) in [6.07, 6.45) is 6.22. The molecule has 1 heterocycles. The third-order valence-electron chi connectivity index (χ3n) is 3.08. The first-order valence-corrected chi connectivity index (χ1v) is 8.13. The average molecular weight is 371 g/mol. The Kier molecular flexibility index (Phi) is 6.19. The second-order valence-corrected chi connectivity index (χ2v) is 7.20. The second-order valence-electron chi connectivity index (χ2n) is 4.57. The number of rotatable bonds is 3. The van der Waals surface area contributed by atoms with Crippen LogP contribution < -0.4 is 10.5 Å². The Morgan fingerprint density at radius 3 is 2.47 bits per heavy atom. The standard InChI is InChI=1S/C11H16BrN3O2S.ClH/c12-8-5-11(7-14-6-8)18(16,17)15-10-3-1-9(13)2-4-10;/h5-7,9-10,15H,1-4,13H2;1H.